The van der Waals surface area contributed by atoms with E-state index in [-0.39, 0.29) is 5.91 Å². The normalized spacial score (nSPS) is 9.93. The Balaban J connectivity index is 2.76. The molecule has 1 amide bonds. The van der Waals surface area contributed by atoms with Crippen molar-refractivity contribution in [3.05, 3.63) is 28.2 Å². The summed E-state index contributed by atoms with van der Waals surface area (Å²) in [7, 11) is 0. The maximum atomic E-state index is 11.3. The number of benzene rings is 1. The number of hydrogen-bond donors (Lipinski definition) is 1. The number of nitrogens with one attached hydrogen (secondary N) is 1. The van der Waals surface area contributed by atoms with Gasteiger partial charge in [0.05, 0.1) is 0 Å². The lowest BCUT2D eigenvalue weighted by Gasteiger charge is -2.08. The molecule has 1 N–H and O–H groups in total. The molecule has 14 heavy (non-hydrogen) atoms. The number of rotatable bonds is 3. The van der Waals surface area contributed by atoms with E-state index in [4.69, 9.17) is 11.6 Å². The van der Waals surface area contributed by atoms with Crippen LogP contribution in [0.3, 0.4) is 0 Å². The molecule has 76 valence electrons. The number of carbonyl (C=O) groups is 1. The van der Waals surface area contributed by atoms with E-state index in [0.717, 1.165) is 15.7 Å². The summed E-state index contributed by atoms with van der Waals surface area (Å²) in [4.78, 5) is 11.3. The molecule has 0 spiro atoms. The van der Waals surface area contributed by atoms with Crippen LogP contribution in [0.4, 0.5) is 5.69 Å². The second-order valence-corrected chi connectivity index (χ2v) is 4.13. The van der Waals surface area contributed by atoms with E-state index in [2.05, 4.69) is 21.2 Å². The lowest BCUT2D eigenvalue weighted by Crippen LogP contribution is -2.12. The van der Waals surface area contributed by atoms with Crippen molar-refractivity contribution in [2.75, 3.05) is 11.2 Å². The van der Waals surface area contributed by atoms with Crippen LogP contribution in [-0.4, -0.2) is 11.8 Å². The van der Waals surface area contributed by atoms with Gasteiger partial charge >= 0.3 is 0 Å². The molecule has 0 fully saturated rings. The molecule has 1 aromatic carbocycles. The topological polar surface area (TPSA) is 29.1 Å². The Morgan fingerprint density at radius 2 is 2.29 bits per heavy atom. The Bertz CT molecular complexity index is 341. The van der Waals surface area contributed by atoms with Gasteiger partial charge in [0, 0.05) is 22.5 Å². The molecule has 0 saturated heterocycles. The summed E-state index contributed by atoms with van der Waals surface area (Å²) < 4.78 is 0.987. The maximum Gasteiger partial charge on any atom is 0.225 e. The lowest BCUT2D eigenvalue weighted by molar-refractivity contribution is -0.115. The Kier molecular flexibility index (Phi) is 4.42. The minimum atomic E-state index is -0.0544. The molecule has 2 nitrogen and oxygen atoms in total. The van der Waals surface area contributed by atoms with E-state index in [1.807, 2.05) is 25.1 Å². The van der Waals surface area contributed by atoms with Crippen molar-refractivity contribution in [1.82, 2.24) is 0 Å². The van der Waals surface area contributed by atoms with Crippen LogP contribution in [-0.2, 0) is 4.79 Å². The fourth-order valence-corrected chi connectivity index (χ4v) is 1.58. The second kappa shape index (κ2) is 5.37. The number of anilines is 1. The summed E-state index contributed by atoms with van der Waals surface area (Å²) >= 11 is 8.86. The van der Waals surface area contributed by atoms with E-state index >= 15 is 0 Å². The van der Waals surface area contributed by atoms with E-state index in [1.54, 1.807) is 0 Å². The van der Waals surface area contributed by atoms with Crippen LogP contribution in [0.15, 0.2) is 22.7 Å². The molecular formula is C10H11BrClNO. The highest BCUT2D eigenvalue weighted by molar-refractivity contribution is 9.10. The molecule has 1 rings (SSSR count). The molecule has 0 heterocycles. The molecule has 1 aromatic rings. The average molecular weight is 277 g/mol. The van der Waals surface area contributed by atoms with Gasteiger partial charge in [0.25, 0.3) is 0 Å². The highest BCUT2D eigenvalue weighted by atomic mass is 79.9. The molecule has 0 unspecified atom stereocenters. The van der Waals surface area contributed by atoms with Crippen LogP contribution >= 0.6 is 27.5 Å². The third kappa shape index (κ3) is 3.00. The van der Waals surface area contributed by atoms with Crippen molar-refractivity contribution >= 4 is 39.1 Å². The van der Waals surface area contributed by atoms with Gasteiger partial charge in [-0.25, -0.2) is 0 Å². The Hall–Kier alpha value is -0.540. The first-order chi connectivity index (χ1) is 6.65. The van der Waals surface area contributed by atoms with Gasteiger partial charge < -0.3 is 5.32 Å². The number of carbonyl (C=O) groups excluding carboxylic acids is 1. The monoisotopic (exact) mass is 275 g/mol. The van der Waals surface area contributed by atoms with Gasteiger partial charge in [0.2, 0.25) is 5.91 Å². The van der Waals surface area contributed by atoms with Crippen LogP contribution < -0.4 is 5.32 Å². The van der Waals surface area contributed by atoms with Crippen LogP contribution in [0.25, 0.3) is 0 Å². The summed E-state index contributed by atoms with van der Waals surface area (Å²) in [6.45, 7) is 1.94. The predicted molar refractivity (Wildman–Crippen MR) is 62.8 cm³/mol. The van der Waals surface area contributed by atoms with Gasteiger partial charge in [-0.05, 0) is 24.6 Å². The summed E-state index contributed by atoms with van der Waals surface area (Å²) in [5.41, 5.74) is 1.85. The quantitative estimate of drug-likeness (QED) is 0.843. The average Bonchev–Trinajstić information content (AvgIpc) is 2.13. The number of alkyl halides is 1. The van der Waals surface area contributed by atoms with Gasteiger partial charge in [-0.1, -0.05) is 22.0 Å². The third-order valence-electron chi connectivity index (χ3n) is 1.86. The first kappa shape index (κ1) is 11.5. The highest BCUT2D eigenvalue weighted by Gasteiger charge is 2.05. The zero-order valence-corrected chi connectivity index (χ0v) is 10.2. The van der Waals surface area contributed by atoms with Crippen molar-refractivity contribution in [2.24, 2.45) is 0 Å². The number of hydrogen-bond acceptors (Lipinski definition) is 1. The fraction of sp³-hybridized carbons (Fsp3) is 0.300. The van der Waals surface area contributed by atoms with Crippen molar-refractivity contribution in [2.45, 2.75) is 13.3 Å². The van der Waals surface area contributed by atoms with Crippen molar-refractivity contribution < 1.29 is 4.79 Å². The molecule has 0 bridgehead atoms. The molecule has 0 aromatic heterocycles. The van der Waals surface area contributed by atoms with E-state index in [0.29, 0.717) is 12.3 Å². The zero-order chi connectivity index (χ0) is 10.6. The molecule has 0 atom stereocenters. The fourth-order valence-electron chi connectivity index (χ4n) is 1.04. The maximum absolute atomic E-state index is 11.3. The summed E-state index contributed by atoms with van der Waals surface area (Å²) in [5, 5.41) is 2.80. The van der Waals surface area contributed by atoms with E-state index in [9.17, 15) is 4.79 Å². The molecule has 0 radical (unpaired) electrons. The van der Waals surface area contributed by atoms with E-state index < -0.39 is 0 Å². The first-order valence-electron chi connectivity index (χ1n) is 4.26. The third-order valence-corrected chi connectivity index (χ3v) is 2.91. The summed E-state index contributed by atoms with van der Waals surface area (Å²) in [6.07, 6.45) is 0.341. The molecule has 0 saturated carbocycles. The highest BCUT2D eigenvalue weighted by Crippen LogP contribution is 2.23. The SMILES string of the molecule is Cc1c(Br)cccc1NC(=O)CCCl. The predicted octanol–water partition coefficient (Wildman–Crippen LogP) is 3.32. The zero-order valence-electron chi connectivity index (χ0n) is 7.81. The van der Waals surface area contributed by atoms with Crippen LogP contribution in [0, 0.1) is 6.92 Å². The van der Waals surface area contributed by atoms with Crippen LogP contribution in [0.2, 0.25) is 0 Å². The molecule has 0 aliphatic carbocycles. The molecule has 0 aliphatic heterocycles. The first-order valence-corrected chi connectivity index (χ1v) is 5.59. The van der Waals surface area contributed by atoms with Crippen molar-refractivity contribution in [3.8, 4) is 0 Å². The minimum Gasteiger partial charge on any atom is -0.326 e. The van der Waals surface area contributed by atoms with E-state index in [1.165, 1.54) is 0 Å². The standard InChI is InChI=1S/C10H11BrClNO/c1-7-8(11)3-2-4-9(7)13-10(14)5-6-12/h2-4H,5-6H2,1H3,(H,13,14). The second-order valence-electron chi connectivity index (χ2n) is 2.90. The van der Waals surface area contributed by atoms with Gasteiger partial charge in [-0.2, -0.15) is 0 Å². The molecule has 0 aliphatic rings. The van der Waals surface area contributed by atoms with Gasteiger partial charge in [-0.3, -0.25) is 4.79 Å². The Morgan fingerprint density at radius 1 is 1.57 bits per heavy atom. The Labute approximate surface area is 96.8 Å². The van der Waals surface area contributed by atoms with Gasteiger partial charge in [0.15, 0.2) is 0 Å². The molecule has 4 heteroatoms. The number of halogens is 2. The van der Waals surface area contributed by atoms with Crippen LogP contribution in [0.1, 0.15) is 12.0 Å². The summed E-state index contributed by atoms with van der Waals surface area (Å²) in [5.74, 6) is 0.292. The molecular weight excluding hydrogens is 265 g/mol. The number of amides is 1. The largest absolute Gasteiger partial charge is 0.326 e. The lowest BCUT2D eigenvalue weighted by atomic mass is 10.2. The van der Waals surface area contributed by atoms with Crippen molar-refractivity contribution in [1.29, 1.82) is 0 Å². The van der Waals surface area contributed by atoms with Crippen LogP contribution in [0.5, 0.6) is 0 Å². The van der Waals surface area contributed by atoms with Gasteiger partial charge in [-0.15, -0.1) is 11.6 Å². The van der Waals surface area contributed by atoms with Gasteiger partial charge in [0.1, 0.15) is 0 Å². The Morgan fingerprint density at radius 3 is 2.93 bits per heavy atom. The smallest absolute Gasteiger partial charge is 0.225 e. The van der Waals surface area contributed by atoms with Crippen molar-refractivity contribution in [3.63, 3.8) is 0 Å². The minimum absolute atomic E-state index is 0.0544. The summed E-state index contributed by atoms with van der Waals surface area (Å²) in [6, 6.07) is 5.69.